The molecular weight excluding hydrogens is 301 g/mol. The number of nitrogens with two attached hydrogens (primary N) is 1. The average Bonchev–Trinajstić information content (AvgIpc) is 2.43. The Balaban J connectivity index is 2.36. The molecule has 0 aliphatic rings. The molecule has 2 aromatic rings. The lowest BCUT2D eigenvalue weighted by Crippen LogP contribution is -2.12. The van der Waals surface area contributed by atoms with E-state index >= 15 is 0 Å². The number of hydrogen-bond acceptors (Lipinski definition) is 3. The Morgan fingerprint density at radius 2 is 1.90 bits per heavy atom. The number of nitro groups is 1. The molecule has 2 N–H and O–H groups in total. The Morgan fingerprint density at radius 3 is 2.55 bits per heavy atom. The van der Waals surface area contributed by atoms with Crippen LogP contribution < -0.4 is 5.73 Å². The number of rotatable bonds is 3. The third kappa shape index (κ3) is 3.26. The van der Waals surface area contributed by atoms with Crippen molar-refractivity contribution < 1.29 is 4.92 Å². The van der Waals surface area contributed by atoms with Gasteiger partial charge in [-0.15, -0.1) is 0 Å². The first-order valence-corrected chi connectivity index (χ1v) is 6.27. The smallest absolute Gasteiger partial charge is 0.270 e. The van der Waals surface area contributed by atoms with Gasteiger partial charge in [-0.3, -0.25) is 10.1 Å². The number of non-ortho nitro benzene ring substituents is 1. The van der Waals surface area contributed by atoms with Gasteiger partial charge in [0.1, 0.15) is 5.84 Å². The van der Waals surface area contributed by atoms with Crippen molar-refractivity contribution in [1.29, 1.82) is 0 Å². The predicted octanol–water partition coefficient (Wildman–Crippen LogP) is 3.94. The molecule has 0 aliphatic carbocycles. The standard InChI is InChI=1S/C13H9Cl2N3O2/c14-11-5-4-9(7-12(11)15)17-13(16)8-2-1-3-10(6-8)18(19)20/h1-7H,(H2,16,17). The minimum absolute atomic E-state index is 0.0465. The summed E-state index contributed by atoms with van der Waals surface area (Å²) in [5, 5.41) is 11.5. The van der Waals surface area contributed by atoms with Crippen LogP contribution >= 0.6 is 23.2 Å². The van der Waals surface area contributed by atoms with Crippen molar-refractivity contribution in [3.8, 4) is 0 Å². The molecular formula is C13H9Cl2N3O2. The van der Waals surface area contributed by atoms with Crippen molar-refractivity contribution in [2.75, 3.05) is 0 Å². The quantitative estimate of drug-likeness (QED) is 0.403. The van der Waals surface area contributed by atoms with E-state index in [1.165, 1.54) is 12.1 Å². The molecule has 2 rings (SSSR count). The van der Waals surface area contributed by atoms with Crippen molar-refractivity contribution in [3.63, 3.8) is 0 Å². The summed E-state index contributed by atoms with van der Waals surface area (Å²) in [6.45, 7) is 0. The van der Waals surface area contributed by atoms with Gasteiger partial charge in [-0.25, -0.2) is 4.99 Å². The van der Waals surface area contributed by atoms with Crippen LogP contribution in [0.5, 0.6) is 0 Å². The fraction of sp³-hybridized carbons (Fsp3) is 0. The van der Waals surface area contributed by atoms with Gasteiger partial charge in [0.05, 0.1) is 20.7 Å². The van der Waals surface area contributed by atoms with Gasteiger partial charge in [-0.2, -0.15) is 0 Å². The van der Waals surface area contributed by atoms with E-state index in [2.05, 4.69) is 4.99 Å². The van der Waals surface area contributed by atoms with Crippen LogP contribution in [0.3, 0.4) is 0 Å². The Hall–Kier alpha value is -2.11. The molecule has 0 atom stereocenters. The number of amidine groups is 1. The highest BCUT2D eigenvalue weighted by Gasteiger charge is 2.08. The number of nitrogens with zero attached hydrogens (tertiary/aromatic N) is 2. The largest absolute Gasteiger partial charge is 0.383 e. The molecule has 0 spiro atoms. The summed E-state index contributed by atoms with van der Waals surface area (Å²) in [6, 6.07) is 10.7. The molecule has 102 valence electrons. The summed E-state index contributed by atoms with van der Waals surface area (Å²) < 4.78 is 0. The zero-order chi connectivity index (χ0) is 14.7. The second-order valence-corrected chi connectivity index (χ2v) is 4.72. The van der Waals surface area contributed by atoms with Gasteiger partial charge in [0.15, 0.2) is 0 Å². The first kappa shape index (κ1) is 14.3. The Kier molecular flexibility index (Phi) is 4.22. The van der Waals surface area contributed by atoms with Gasteiger partial charge < -0.3 is 5.73 Å². The predicted molar refractivity (Wildman–Crippen MR) is 79.9 cm³/mol. The molecule has 2 aromatic carbocycles. The summed E-state index contributed by atoms with van der Waals surface area (Å²) in [5.41, 5.74) is 6.77. The fourth-order valence-electron chi connectivity index (χ4n) is 1.54. The molecule has 5 nitrogen and oxygen atoms in total. The van der Waals surface area contributed by atoms with Crippen LogP contribution in [0.25, 0.3) is 0 Å². The molecule has 20 heavy (non-hydrogen) atoms. The lowest BCUT2D eigenvalue weighted by molar-refractivity contribution is -0.384. The first-order valence-electron chi connectivity index (χ1n) is 5.51. The molecule has 0 aromatic heterocycles. The van der Waals surface area contributed by atoms with Crippen molar-refractivity contribution in [2.24, 2.45) is 10.7 Å². The van der Waals surface area contributed by atoms with Crippen LogP contribution in [0.15, 0.2) is 47.5 Å². The van der Waals surface area contributed by atoms with Crippen LogP contribution in [0, 0.1) is 10.1 Å². The number of nitro benzene ring substituents is 1. The molecule has 0 unspecified atom stereocenters. The Labute approximate surface area is 124 Å². The van der Waals surface area contributed by atoms with E-state index < -0.39 is 4.92 Å². The normalized spacial score (nSPS) is 11.4. The number of aliphatic imine (C=N–C) groups is 1. The van der Waals surface area contributed by atoms with E-state index in [1.807, 2.05) is 0 Å². The maximum Gasteiger partial charge on any atom is 0.270 e. The van der Waals surface area contributed by atoms with E-state index in [9.17, 15) is 10.1 Å². The fourth-order valence-corrected chi connectivity index (χ4v) is 1.83. The van der Waals surface area contributed by atoms with Crippen LogP contribution in [0.2, 0.25) is 10.0 Å². The highest BCUT2D eigenvalue weighted by Crippen LogP contribution is 2.27. The van der Waals surface area contributed by atoms with Gasteiger partial charge in [-0.05, 0) is 18.2 Å². The second kappa shape index (κ2) is 5.90. The van der Waals surface area contributed by atoms with Crippen LogP contribution in [0.4, 0.5) is 11.4 Å². The van der Waals surface area contributed by atoms with E-state index in [0.717, 1.165) is 0 Å². The second-order valence-electron chi connectivity index (χ2n) is 3.90. The molecule has 7 heteroatoms. The summed E-state index contributed by atoms with van der Waals surface area (Å²) in [4.78, 5) is 14.4. The molecule has 0 fully saturated rings. The Bertz CT molecular complexity index is 702. The van der Waals surface area contributed by atoms with Crippen molar-refractivity contribution in [1.82, 2.24) is 0 Å². The lowest BCUT2D eigenvalue weighted by atomic mass is 10.2. The summed E-state index contributed by atoms with van der Waals surface area (Å²) in [7, 11) is 0. The summed E-state index contributed by atoms with van der Waals surface area (Å²) >= 11 is 11.7. The average molecular weight is 310 g/mol. The van der Waals surface area contributed by atoms with Crippen molar-refractivity contribution in [2.45, 2.75) is 0 Å². The van der Waals surface area contributed by atoms with E-state index in [0.29, 0.717) is 21.3 Å². The maximum absolute atomic E-state index is 10.7. The third-order valence-electron chi connectivity index (χ3n) is 2.51. The zero-order valence-electron chi connectivity index (χ0n) is 10.1. The molecule has 0 heterocycles. The van der Waals surface area contributed by atoms with E-state index in [-0.39, 0.29) is 11.5 Å². The van der Waals surface area contributed by atoms with Gasteiger partial charge >= 0.3 is 0 Å². The van der Waals surface area contributed by atoms with Gasteiger partial charge in [-0.1, -0.05) is 35.3 Å². The van der Waals surface area contributed by atoms with Crippen LogP contribution in [0.1, 0.15) is 5.56 Å². The van der Waals surface area contributed by atoms with Crippen LogP contribution in [-0.2, 0) is 0 Å². The highest BCUT2D eigenvalue weighted by atomic mass is 35.5. The highest BCUT2D eigenvalue weighted by molar-refractivity contribution is 6.42. The zero-order valence-corrected chi connectivity index (χ0v) is 11.6. The van der Waals surface area contributed by atoms with Crippen LogP contribution in [-0.4, -0.2) is 10.8 Å². The molecule has 0 bridgehead atoms. The molecule has 0 saturated heterocycles. The minimum atomic E-state index is -0.490. The monoisotopic (exact) mass is 309 g/mol. The third-order valence-corrected chi connectivity index (χ3v) is 3.24. The van der Waals surface area contributed by atoms with Gasteiger partial charge in [0.2, 0.25) is 0 Å². The topological polar surface area (TPSA) is 81.5 Å². The number of halogens is 2. The summed E-state index contributed by atoms with van der Waals surface area (Å²) in [6.07, 6.45) is 0. The molecule has 0 aliphatic heterocycles. The summed E-state index contributed by atoms with van der Waals surface area (Å²) in [5.74, 6) is 0.159. The maximum atomic E-state index is 10.7. The number of benzene rings is 2. The first-order chi connectivity index (χ1) is 9.47. The number of hydrogen-bond donors (Lipinski definition) is 1. The van der Waals surface area contributed by atoms with Gasteiger partial charge in [0.25, 0.3) is 5.69 Å². The van der Waals surface area contributed by atoms with Crippen molar-refractivity contribution >= 4 is 40.4 Å². The van der Waals surface area contributed by atoms with Crippen molar-refractivity contribution in [3.05, 3.63) is 68.2 Å². The Morgan fingerprint density at radius 1 is 1.15 bits per heavy atom. The minimum Gasteiger partial charge on any atom is -0.383 e. The molecule has 0 saturated carbocycles. The SMILES string of the molecule is NC(=Nc1ccc(Cl)c(Cl)c1)c1cccc([N+](=O)[O-])c1. The molecule has 0 radical (unpaired) electrons. The molecule has 0 amide bonds. The van der Waals surface area contributed by atoms with Gasteiger partial charge in [0, 0.05) is 17.7 Å². The van der Waals surface area contributed by atoms with E-state index in [1.54, 1.807) is 30.3 Å². The van der Waals surface area contributed by atoms with E-state index in [4.69, 9.17) is 28.9 Å². The lowest BCUT2D eigenvalue weighted by Gasteiger charge is -2.02.